The molecule has 4 rings (SSSR count). The summed E-state index contributed by atoms with van der Waals surface area (Å²) < 4.78 is 28.0. The maximum Gasteiger partial charge on any atom is 0.308 e. The number of ether oxygens (including phenoxy) is 5. The predicted molar refractivity (Wildman–Crippen MR) is 112 cm³/mol. The summed E-state index contributed by atoms with van der Waals surface area (Å²) in [5.41, 5.74) is -1.73. The average molecular weight is 442 g/mol. The molecular formula is C24H26O8. The SMILES string of the molecule is C=CC[C@@]12C=C(OC(C)=O)C(=O)[C@@](OC)(C1OC(C)=O)[C@@H](c1ccc3c(c1)OCO3)[C@@H]2C. The van der Waals surface area contributed by atoms with Crippen LogP contribution >= 0.6 is 0 Å². The summed E-state index contributed by atoms with van der Waals surface area (Å²) >= 11 is 0. The predicted octanol–water partition coefficient (Wildman–Crippen LogP) is 3.06. The van der Waals surface area contributed by atoms with Crippen molar-refractivity contribution in [2.75, 3.05) is 13.9 Å². The molecule has 2 bridgehead atoms. The number of carbonyl (C=O) groups is 3. The van der Waals surface area contributed by atoms with E-state index in [1.165, 1.54) is 21.0 Å². The molecule has 2 aliphatic carbocycles. The van der Waals surface area contributed by atoms with Gasteiger partial charge in [-0.15, -0.1) is 6.58 Å². The van der Waals surface area contributed by atoms with Gasteiger partial charge in [-0.05, 0) is 36.1 Å². The Morgan fingerprint density at radius 1 is 1.22 bits per heavy atom. The minimum absolute atomic E-state index is 0.111. The molecule has 0 N–H and O–H groups in total. The zero-order chi connectivity index (χ0) is 23.3. The Morgan fingerprint density at radius 3 is 2.56 bits per heavy atom. The van der Waals surface area contributed by atoms with Crippen molar-refractivity contribution in [2.24, 2.45) is 11.3 Å². The highest BCUT2D eigenvalue weighted by molar-refractivity contribution is 6.05. The largest absolute Gasteiger partial charge is 0.458 e. The van der Waals surface area contributed by atoms with Crippen LogP contribution in [0.5, 0.6) is 11.5 Å². The van der Waals surface area contributed by atoms with E-state index < -0.39 is 40.8 Å². The molecule has 1 saturated carbocycles. The molecule has 0 radical (unpaired) electrons. The molecule has 8 heteroatoms. The summed E-state index contributed by atoms with van der Waals surface area (Å²) in [5.74, 6) is -1.46. The number of rotatable bonds is 6. The van der Waals surface area contributed by atoms with Gasteiger partial charge in [-0.25, -0.2) is 0 Å². The molecule has 5 atom stereocenters. The standard InChI is InChI=1S/C24H26O8/c1-6-9-23-11-19(31-14(3)25)21(27)24(28-5,22(23)32-15(4)26)20(13(23)2)16-7-8-17-18(10-16)30-12-29-17/h6-8,10-11,13,20,22H,1,9,12H2,2-5H3/t13-,20+,22?,23-,24+/m0/s1. The average Bonchev–Trinajstić information content (AvgIpc) is 3.25. The van der Waals surface area contributed by atoms with Crippen molar-refractivity contribution in [3.63, 3.8) is 0 Å². The Bertz CT molecular complexity index is 1030. The van der Waals surface area contributed by atoms with Crippen LogP contribution in [0.3, 0.4) is 0 Å². The molecule has 0 amide bonds. The number of hydrogen-bond acceptors (Lipinski definition) is 8. The lowest BCUT2D eigenvalue weighted by molar-refractivity contribution is -0.183. The van der Waals surface area contributed by atoms with Gasteiger partial charge in [-0.1, -0.05) is 19.1 Å². The zero-order valence-corrected chi connectivity index (χ0v) is 18.5. The summed E-state index contributed by atoms with van der Waals surface area (Å²) in [6.07, 6.45) is 2.73. The summed E-state index contributed by atoms with van der Waals surface area (Å²) in [6.45, 7) is 8.48. The van der Waals surface area contributed by atoms with Crippen molar-refractivity contribution in [1.82, 2.24) is 0 Å². The van der Waals surface area contributed by atoms with E-state index in [0.717, 1.165) is 5.56 Å². The topological polar surface area (TPSA) is 97.4 Å². The Morgan fingerprint density at radius 2 is 1.94 bits per heavy atom. The summed E-state index contributed by atoms with van der Waals surface area (Å²) in [7, 11) is 1.40. The number of esters is 2. The van der Waals surface area contributed by atoms with E-state index in [0.29, 0.717) is 17.9 Å². The van der Waals surface area contributed by atoms with Crippen LogP contribution in [0, 0.1) is 11.3 Å². The molecular weight excluding hydrogens is 416 g/mol. The third kappa shape index (κ3) is 2.97. The van der Waals surface area contributed by atoms with E-state index in [4.69, 9.17) is 23.7 Å². The first kappa shape index (κ1) is 22.1. The van der Waals surface area contributed by atoms with E-state index in [2.05, 4.69) is 6.58 Å². The van der Waals surface area contributed by atoms with Crippen molar-refractivity contribution in [3.8, 4) is 11.5 Å². The second-order valence-corrected chi connectivity index (χ2v) is 8.40. The van der Waals surface area contributed by atoms with E-state index in [9.17, 15) is 14.4 Å². The fourth-order valence-electron chi connectivity index (χ4n) is 5.62. The first-order valence-electron chi connectivity index (χ1n) is 10.4. The summed E-state index contributed by atoms with van der Waals surface area (Å²) in [5, 5.41) is 0. The quantitative estimate of drug-likeness (QED) is 0.490. The lowest BCUT2D eigenvalue weighted by Crippen LogP contribution is -2.59. The van der Waals surface area contributed by atoms with Crippen LogP contribution in [-0.2, 0) is 28.6 Å². The molecule has 0 spiro atoms. The van der Waals surface area contributed by atoms with Gasteiger partial charge in [0.1, 0.15) is 6.10 Å². The molecule has 0 aromatic heterocycles. The fraction of sp³-hybridized carbons (Fsp3) is 0.458. The molecule has 3 aliphatic rings. The highest BCUT2D eigenvalue weighted by atomic mass is 16.7. The molecule has 32 heavy (non-hydrogen) atoms. The number of hydrogen-bond donors (Lipinski definition) is 0. The smallest absolute Gasteiger partial charge is 0.308 e. The maximum atomic E-state index is 13.8. The molecule has 1 heterocycles. The number of fused-ring (bicyclic) bond motifs is 3. The molecule has 1 aromatic carbocycles. The highest BCUT2D eigenvalue weighted by Crippen LogP contribution is 2.65. The number of carbonyl (C=O) groups excluding carboxylic acids is 3. The number of benzene rings is 1. The minimum atomic E-state index is -1.61. The van der Waals surface area contributed by atoms with Crippen molar-refractivity contribution in [3.05, 3.63) is 48.3 Å². The van der Waals surface area contributed by atoms with Crippen LogP contribution in [0.4, 0.5) is 0 Å². The molecule has 8 nitrogen and oxygen atoms in total. The van der Waals surface area contributed by atoms with Crippen molar-refractivity contribution < 1.29 is 38.1 Å². The fourth-order valence-corrected chi connectivity index (χ4v) is 5.62. The van der Waals surface area contributed by atoms with Gasteiger partial charge in [0.05, 0.1) is 0 Å². The second kappa shape index (κ2) is 7.78. The molecule has 0 saturated heterocycles. The molecule has 170 valence electrons. The molecule has 1 aliphatic heterocycles. The van der Waals surface area contributed by atoms with E-state index >= 15 is 0 Å². The van der Waals surface area contributed by atoms with Gasteiger partial charge in [0.2, 0.25) is 12.6 Å². The van der Waals surface area contributed by atoms with Gasteiger partial charge < -0.3 is 23.7 Å². The van der Waals surface area contributed by atoms with Gasteiger partial charge in [-0.3, -0.25) is 14.4 Å². The van der Waals surface area contributed by atoms with Crippen molar-refractivity contribution >= 4 is 17.7 Å². The lowest BCUT2D eigenvalue weighted by Gasteiger charge is -2.43. The number of allylic oxidation sites excluding steroid dienone is 1. The summed E-state index contributed by atoms with van der Waals surface area (Å²) in [6, 6.07) is 5.44. The Hall–Kier alpha value is -3.13. The lowest BCUT2D eigenvalue weighted by atomic mass is 9.69. The Kier molecular flexibility index (Phi) is 5.36. The second-order valence-electron chi connectivity index (χ2n) is 8.40. The van der Waals surface area contributed by atoms with Gasteiger partial charge in [-0.2, -0.15) is 0 Å². The van der Waals surface area contributed by atoms with E-state index in [1.807, 2.05) is 19.1 Å². The minimum Gasteiger partial charge on any atom is -0.458 e. The van der Waals surface area contributed by atoms with Crippen LogP contribution in [0.2, 0.25) is 0 Å². The first-order chi connectivity index (χ1) is 15.2. The van der Waals surface area contributed by atoms with Crippen molar-refractivity contribution in [1.29, 1.82) is 0 Å². The number of Topliss-reactive ketones (excluding diaryl/α,β-unsaturated/α-hetero) is 1. The molecule has 1 aromatic rings. The Labute approximate surface area is 186 Å². The third-order valence-corrected chi connectivity index (χ3v) is 6.79. The van der Waals surface area contributed by atoms with Crippen LogP contribution in [0.15, 0.2) is 42.7 Å². The van der Waals surface area contributed by atoms with E-state index in [1.54, 1.807) is 18.2 Å². The first-order valence-corrected chi connectivity index (χ1v) is 10.4. The maximum absolute atomic E-state index is 13.8. The number of methoxy groups -OCH3 is 1. The number of ketones is 1. The third-order valence-electron chi connectivity index (χ3n) is 6.79. The summed E-state index contributed by atoms with van der Waals surface area (Å²) in [4.78, 5) is 37.8. The van der Waals surface area contributed by atoms with Gasteiger partial charge in [0, 0.05) is 32.3 Å². The van der Waals surface area contributed by atoms with Gasteiger partial charge in [0.15, 0.2) is 22.9 Å². The van der Waals surface area contributed by atoms with Crippen LogP contribution in [-0.4, -0.2) is 43.3 Å². The molecule has 1 unspecified atom stereocenters. The monoisotopic (exact) mass is 442 g/mol. The van der Waals surface area contributed by atoms with E-state index in [-0.39, 0.29) is 18.5 Å². The van der Waals surface area contributed by atoms with Crippen LogP contribution in [0.1, 0.15) is 38.7 Å². The normalized spacial score (nSPS) is 32.3. The van der Waals surface area contributed by atoms with Gasteiger partial charge >= 0.3 is 11.9 Å². The highest BCUT2D eigenvalue weighted by Gasteiger charge is 2.74. The van der Waals surface area contributed by atoms with Crippen LogP contribution in [0.25, 0.3) is 0 Å². The van der Waals surface area contributed by atoms with Gasteiger partial charge in [0.25, 0.3) is 0 Å². The van der Waals surface area contributed by atoms with Crippen LogP contribution < -0.4 is 9.47 Å². The Balaban J connectivity index is 1.97. The molecule has 1 fully saturated rings. The zero-order valence-electron chi connectivity index (χ0n) is 18.5. The van der Waals surface area contributed by atoms with Crippen molar-refractivity contribution in [2.45, 2.75) is 44.8 Å².